The van der Waals surface area contributed by atoms with E-state index in [0.29, 0.717) is 18.9 Å². The molecule has 2 aromatic rings. The van der Waals surface area contributed by atoms with Gasteiger partial charge in [0.1, 0.15) is 5.82 Å². The molecule has 0 aliphatic carbocycles. The Morgan fingerprint density at radius 3 is 3.00 bits per heavy atom. The lowest BCUT2D eigenvalue weighted by Gasteiger charge is -2.28. The van der Waals surface area contributed by atoms with Crippen LogP contribution in [0.1, 0.15) is 49.3 Å². The summed E-state index contributed by atoms with van der Waals surface area (Å²) in [6.45, 7) is 5.30. The number of carbonyl (C=O) groups is 1. The van der Waals surface area contributed by atoms with E-state index in [1.54, 1.807) is 25.1 Å². The molecular weight excluding hydrogens is 371 g/mol. The van der Waals surface area contributed by atoms with E-state index in [9.17, 15) is 9.18 Å². The highest BCUT2D eigenvalue weighted by Crippen LogP contribution is 2.31. The van der Waals surface area contributed by atoms with Crippen molar-refractivity contribution in [3.63, 3.8) is 0 Å². The third-order valence-electron chi connectivity index (χ3n) is 5.74. The van der Waals surface area contributed by atoms with Gasteiger partial charge in [0.2, 0.25) is 5.91 Å². The Morgan fingerprint density at radius 1 is 1.31 bits per heavy atom. The fourth-order valence-corrected chi connectivity index (χ4v) is 4.16. The van der Waals surface area contributed by atoms with Gasteiger partial charge < -0.3 is 9.64 Å². The minimum atomic E-state index is -0.322. The van der Waals surface area contributed by atoms with Crippen molar-refractivity contribution in [2.45, 2.75) is 45.2 Å². The Bertz CT molecular complexity index is 876. The van der Waals surface area contributed by atoms with Crippen LogP contribution in [0.5, 0.6) is 5.75 Å². The highest BCUT2D eigenvalue weighted by Gasteiger charge is 2.29. The highest BCUT2D eigenvalue weighted by molar-refractivity contribution is 5.73. The number of nitrogens with zero attached hydrogens (tertiary/aromatic N) is 4. The number of carbonyl (C=O) groups excluding carboxylic acids is 1. The van der Waals surface area contributed by atoms with E-state index < -0.39 is 0 Å². The highest BCUT2D eigenvalue weighted by atomic mass is 19.1. The number of amides is 1. The summed E-state index contributed by atoms with van der Waals surface area (Å²) >= 11 is 0. The number of fused-ring (bicyclic) bond motifs is 1. The Balaban J connectivity index is 1.34. The molecule has 4 rings (SSSR count). The van der Waals surface area contributed by atoms with Crippen LogP contribution in [-0.4, -0.2) is 51.9 Å². The molecule has 0 bridgehead atoms. The molecule has 1 amide bonds. The monoisotopic (exact) mass is 398 g/mol. The van der Waals surface area contributed by atoms with Gasteiger partial charge in [0, 0.05) is 44.7 Å². The van der Waals surface area contributed by atoms with Gasteiger partial charge in [0.15, 0.2) is 11.6 Å². The molecule has 2 aliphatic rings. The second-order valence-corrected chi connectivity index (χ2v) is 7.72. The van der Waals surface area contributed by atoms with Crippen LogP contribution < -0.4 is 4.74 Å². The second-order valence-electron chi connectivity index (χ2n) is 7.72. The van der Waals surface area contributed by atoms with Gasteiger partial charge in [-0.2, -0.15) is 0 Å². The van der Waals surface area contributed by atoms with E-state index in [1.807, 2.05) is 11.1 Å². The van der Waals surface area contributed by atoms with Gasteiger partial charge in [-0.1, -0.05) is 12.1 Å². The molecule has 0 N–H and O–H groups in total. The van der Waals surface area contributed by atoms with Crippen LogP contribution in [0.2, 0.25) is 0 Å². The summed E-state index contributed by atoms with van der Waals surface area (Å²) in [5.41, 5.74) is 2.13. The maximum absolute atomic E-state index is 13.6. The molecule has 2 aliphatic heterocycles. The maximum Gasteiger partial charge on any atom is 0.219 e. The van der Waals surface area contributed by atoms with Crippen LogP contribution in [0.25, 0.3) is 0 Å². The van der Waals surface area contributed by atoms with Gasteiger partial charge in [-0.15, -0.1) is 0 Å². The van der Waals surface area contributed by atoms with Crippen molar-refractivity contribution >= 4 is 5.91 Å². The maximum atomic E-state index is 13.6. The summed E-state index contributed by atoms with van der Waals surface area (Å²) in [6, 6.07) is 6.72. The van der Waals surface area contributed by atoms with Gasteiger partial charge in [-0.25, -0.2) is 14.4 Å². The molecule has 1 aromatic carbocycles. The molecule has 0 saturated carbocycles. The molecule has 1 fully saturated rings. The van der Waals surface area contributed by atoms with Crippen molar-refractivity contribution in [2.75, 3.05) is 26.2 Å². The van der Waals surface area contributed by atoms with Gasteiger partial charge in [-0.3, -0.25) is 9.69 Å². The van der Waals surface area contributed by atoms with E-state index in [-0.39, 0.29) is 17.8 Å². The Labute approximate surface area is 170 Å². The summed E-state index contributed by atoms with van der Waals surface area (Å²) in [4.78, 5) is 25.3. The first-order valence-corrected chi connectivity index (χ1v) is 10.3. The van der Waals surface area contributed by atoms with Crippen molar-refractivity contribution in [3.8, 4) is 5.75 Å². The van der Waals surface area contributed by atoms with Gasteiger partial charge in [0.25, 0.3) is 0 Å². The van der Waals surface area contributed by atoms with Gasteiger partial charge >= 0.3 is 0 Å². The predicted octanol–water partition coefficient (Wildman–Crippen LogP) is 3.13. The first-order chi connectivity index (χ1) is 14.1. The van der Waals surface area contributed by atoms with E-state index >= 15 is 0 Å². The Kier molecular flexibility index (Phi) is 6.04. The SMILES string of the molecule is CC(=O)N1CCc2nc(C3CCCN3CCCOc3ccccc3F)ncc2C1. The van der Waals surface area contributed by atoms with Crippen molar-refractivity contribution in [1.29, 1.82) is 0 Å². The standard InChI is InChI=1S/C22H27FN4O2/c1-16(28)27-12-9-19-17(15-27)14-24-22(25-19)20-7-4-10-26(20)11-5-13-29-21-8-3-2-6-18(21)23/h2-3,6,8,14,20H,4-5,7,9-13,15H2,1H3. The first kappa shape index (κ1) is 19.8. The van der Waals surface area contributed by atoms with Crippen LogP contribution in [-0.2, 0) is 17.8 Å². The molecule has 154 valence electrons. The molecule has 1 aromatic heterocycles. The Morgan fingerprint density at radius 2 is 2.17 bits per heavy atom. The average Bonchev–Trinajstić information content (AvgIpc) is 3.20. The molecule has 29 heavy (non-hydrogen) atoms. The summed E-state index contributed by atoms with van der Waals surface area (Å²) in [7, 11) is 0. The lowest BCUT2D eigenvalue weighted by molar-refractivity contribution is -0.129. The normalized spacial score (nSPS) is 19.2. The topological polar surface area (TPSA) is 58.6 Å². The summed E-state index contributed by atoms with van der Waals surface area (Å²) < 4.78 is 19.2. The van der Waals surface area contributed by atoms with E-state index in [2.05, 4.69) is 9.88 Å². The number of halogens is 1. The Hall–Kier alpha value is -2.54. The molecule has 7 heteroatoms. The third kappa shape index (κ3) is 4.56. The van der Waals surface area contributed by atoms with Crippen LogP contribution in [0.4, 0.5) is 4.39 Å². The van der Waals surface area contributed by atoms with E-state index in [4.69, 9.17) is 9.72 Å². The number of rotatable bonds is 6. The zero-order chi connectivity index (χ0) is 20.2. The number of ether oxygens (including phenoxy) is 1. The molecule has 0 spiro atoms. The van der Waals surface area contributed by atoms with Crippen molar-refractivity contribution in [2.24, 2.45) is 0 Å². The molecule has 6 nitrogen and oxygen atoms in total. The largest absolute Gasteiger partial charge is 0.490 e. The smallest absolute Gasteiger partial charge is 0.219 e. The zero-order valence-corrected chi connectivity index (χ0v) is 16.8. The molecule has 0 radical (unpaired) electrons. The molecule has 1 unspecified atom stereocenters. The fraction of sp³-hybridized carbons (Fsp3) is 0.500. The lowest BCUT2D eigenvalue weighted by atomic mass is 10.1. The number of benzene rings is 1. The van der Waals surface area contributed by atoms with E-state index in [0.717, 1.165) is 62.4 Å². The van der Waals surface area contributed by atoms with Gasteiger partial charge in [-0.05, 0) is 37.9 Å². The molecule has 3 heterocycles. The number of hydrogen-bond acceptors (Lipinski definition) is 5. The minimum absolute atomic E-state index is 0.0966. The number of para-hydroxylation sites is 1. The molecule has 1 saturated heterocycles. The number of hydrogen-bond donors (Lipinski definition) is 0. The van der Waals surface area contributed by atoms with Crippen molar-refractivity contribution in [1.82, 2.24) is 19.8 Å². The van der Waals surface area contributed by atoms with E-state index in [1.165, 1.54) is 6.07 Å². The van der Waals surface area contributed by atoms with Crippen LogP contribution in [0.15, 0.2) is 30.5 Å². The van der Waals surface area contributed by atoms with Crippen LogP contribution in [0.3, 0.4) is 0 Å². The predicted molar refractivity (Wildman–Crippen MR) is 107 cm³/mol. The average molecular weight is 398 g/mol. The summed E-state index contributed by atoms with van der Waals surface area (Å²) in [5, 5.41) is 0. The fourth-order valence-electron chi connectivity index (χ4n) is 4.16. The number of likely N-dealkylation sites (tertiary alicyclic amines) is 1. The number of aromatic nitrogens is 2. The molecule has 1 atom stereocenters. The molecular formula is C22H27FN4O2. The van der Waals surface area contributed by atoms with Gasteiger partial charge in [0.05, 0.1) is 18.3 Å². The third-order valence-corrected chi connectivity index (χ3v) is 5.74. The van der Waals surface area contributed by atoms with Crippen molar-refractivity contribution in [3.05, 3.63) is 53.4 Å². The first-order valence-electron chi connectivity index (χ1n) is 10.3. The lowest BCUT2D eigenvalue weighted by Crippen LogP contribution is -2.35. The summed E-state index contributed by atoms with van der Waals surface area (Å²) in [6.07, 6.45) is 5.67. The van der Waals surface area contributed by atoms with Crippen molar-refractivity contribution < 1.29 is 13.9 Å². The summed E-state index contributed by atoms with van der Waals surface area (Å²) in [5.74, 6) is 0.965. The quantitative estimate of drug-likeness (QED) is 0.700. The second kappa shape index (κ2) is 8.86. The van der Waals surface area contributed by atoms with Crippen LogP contribution >= 0.6 is 0 Å². The zero-order valence-electron chi connectivity index (χ0n) is 16.8. The minimum Gasteiger partial charge on any atom is -0.490 e. The van der Waals surface area contributed by atoms with Crippen LogP contribution in [0, 0.1) is 5.82 Å².